The minimum atomic E-state index is -0.365. The third-order valence-electron chi connectivity index (χ3n) is 3.16. The first-order chi connectivity index (χ1) is 10.4. The second-order valence-electron chi connectivity index (χ2n) is 5.00. The molecule has 1 aromatic heterocycles. The lowest BCUT2D eigenvalue weighted by Gasteiger charge is -2.15. The fraction of sp³-hybridized carbons (Fsp3) is 0.250. The van der Waals surface area contributed by atoms with Crippen LogP contribution in [0.5, 0.6) is 5.75 Å². The first-order valence-corrected chi connectivity index (χ1v) is 6.69. The zero-order chi connectivity index (χ0) is 16.3. The van der Waals surface area contributed by atoms with Crippen LogP contribution in [0.15, 0.2) is 34.9 Å². The summed E-state index contributed by atoms with van der Waals surface area (Å²) in [7, 11) is 4.80. The zero-order valence-electron chi connectivity index (χ0n) is 13.0. The average Bonchev–Trinajstić information content (AvgIpc) is 2.92. The maximum atomic E-state index is 12.2. The molecule has 0 radical (unpaired) electrons. The van der Waals surface area contributed by atoms with Crippen molar-refractivity contribution in [3.8, 4) is 5.75 Å². The predicted molar refractivity (Wildman–Crippen MR) is 82.4 cm³/mol. The van der Waals surface area contributed by atoms with Crippen LogP contribution in [0, 0.1) is 6.92 Å². The lowest BCUT2D eigenvalue weighted by atomic mass is 10.1. The summed E-state index contributed by atoms with van der Waals surface area (Å²) in [6.07, 6.45) is 1.46. The van der Waals surface area contributed by atoms with Crippen molar-refractivity contribution in [3.05, 3.63) is 47.4 Å². The summed E-state index contributed by atoms with van der Waals surface area (Å²) < 4.78 is 10.3. The maximum absolute atomic E-state index is 12.2. The number of rotatable bonds is 4. The van der Waals surface area contributed by atoms with Gasteiger partial charge < -0.3 is 19.4 Å². The molecule has 116 valence electrons. The van der Waals surface area contributed by atoms with E-state index in [0.29, 0.717) is 17.0 Å². The van der Waals surface area contributed by atoms with Crippen LogP contribution < -0.4 is 10.1 Å². The lowest BCUT2D eigenvalue weighted by Crippen LogP contribution is -2.22. The zero-order valence-corrected chi connectivity index (χ0v) is 13.0. The van der Waals surface area contributed by atoms with Gasteiger partial charge in [0.05, 0.1) is 18.9 Å². The van der Waals surface area contributed by atoms with Crippen molar-refractivity contribution in [1.29, 1.82) is 0 Å². The number of methoxy groups -OCH3 is 1. The molecule has 2 amide bonds. The number of ether oxygens (including phenoxy) is 1. The molecule has 1 aromatic carbocycles. The average molecular weight is 302 g/mol. The van der Waals surface area contributed by atoms with E-state index < -0.39 is 0 Å². The summed E-state index contributed by atoms with van der Waals surface area (Å²) in [6.45, 7) is 1.79. The number of hydrogen-bond donors (Lipinski definition) is 1. The topological polar surface area (TPSA) is 71.8 Å². The van der Waals surface area contributed by atoms with Gasteiger partial charge in [-0.25, -0.2) is 0 Å². The highest BCUT2D eigenvalue weighted by Crippen LogP contribution is 2.24. The van der Waals surface area contributed by atoms with E-state index in [9.17, 15) is 9.59 Å². The van der Waals surface area contributed by atoms with Crippen molar-refractivity contribution in [3.63, 3.8) is 0 Å². The van der Waals surface area contributed by atoms with Crippen molar-refractivity contribution in [2.24, 2.45) is 0 Å². The highest BCUT2D eigenvalue weighted by molar-refractivity contribution is 6.04. The van der Waals surface area contributed by atoms with Crippen LogP contribution in [0.2, 0.25) is 0 Å². The van der Waals surface area contributed by atoms with Gasteiger partial charge in [-0.05, 0) is 31.2 Å². The molecule has 0 aliphatic carbocycles. The normalized spacial score (nSPS) is 10.2. The highest BCUT2D eigenvalue weighted by atomic mass is 16.5. The Morgan fingerprint density at radius 1 is 1.23 bits per heavy atom. The number of benzene rings is 1. The Labute approximate surface area is 128 Å². The van der Waals surface area contributed by atoms with Crippen LogP contribution in [-0.4, -0.2) is 37.9 Å². The fourth-order valence-corrected chi connectivity index (χ4v) is 1.99. The molecule has 2 rings (SSSR count). The minimum absolute atomic E-state index is 0.206. The van der Waals surface area contributed by atoms with Crippen molar-refractivity contribution in [2.75, 3.05) is 26.5 Å². The standard InChI is InChI=1S/C16H18N2O4/c1-10-7-8-22-14(10)15(19)17-11-5-6-13(21-4)12(9-11)16(20)18(2)3/h5-9H,1-4H3,(H,17,19). The van der Waals surface area contributed by atoms with Gasteiger partial charge in [0.15, 0.2) is 5.76 Å². The first kappa shape index (κ1) is 15.6. The number of carbonyl (C=O) groups excluding carboxylic acids is 2. The molecular weight excluding hydrogens is 284 g/mol. The highest BCUT2D eigenvalue weighted by Gasteiger charge is 2.17. The Morgan fingerprint density at radius 3 is 2.50 bits per heavy atom. The van der Waals surface area contributed by atoms with Gasteiger partial charge in [-0.15, -0.1) is 0 Å². The van der Waals surface area contributed by atoms with Crippen LogP contribution >= 0.6 is 0 Å². The van der Waals surface area contributed by atoms with E-state index in [0.717, 1.165) is 5.56 Å². The van der Waals surface area contributed by atoms with Gasteiger partial charge >= 0.3 is 0 Å². The molecule has 0 saturated heterocycles. The molecule has 0 aliphatic rings. The van der Waals surface area contributed by atoms with E-state index in [1.807, 2.05) is 0 Å². The molecule has 1 heterocycles. The fourth-order valence-electron chi connectivity index (χ4n) is 1.99. The van der Waals surface area contributed by atoms with Crippen LogP contribution in [0.25, 0.3) is 0 Å². The van der Waals surface area contributed by atoms with E-state index in [2.05, 4.69) is 5.32 Å². The van der Waals surface area contributed by atoms with Gasteiger partial charge in [-0.2, -0.15) is 0 Å². The Morgan fingerprint density at radius 2 is 1.95 bits per heavy atom. The molecule has 0 unspecified atom stereocenters. The molecule has 6 heteroatoms. The summed E-state index contributed by atoms with van der Waals surface area (Å²) in [5.74, 6) is 0.125. The molecule has 22 heavy (non-hydrogen) atoms. The van der Waals surface area contributed by atoms with E-state index >= 15 is 0 Å². The molecule has 0 atom stereocenters. The van der Waals surface area contributed by atoms with Crippen molar-refractivity contribution in [1.82, 2.24) is 4.90 Å². The third-order valence-corrected chi connectivity index (χ3v) is 3.16. The van der Waals surface area contributed by atoms with Gasteiger partial charge in [0, 0.05) is 25.3 Å². The number of nitrogens with one attached hydrogen (secondary N) is 1. The molecule has 1 N–H and O–H groups in total. The number of furan rings is 1. The third kappa shape index (κ3) is 3.11. The van der Waals surface area contributed by atoms with Gasteiger partial charge in [-0.1, -0.05) is 0 Å². The summed E-state index contributed by atoms with van der Waals surface area (Å²) in [5, 5.41) is 2.71. The van der Waals surface area contributed by atoms with Gasteiger partial charge in [0.1, 0.15) is 5.75 Å². The molecule has 0 bridgehead atoms. The van der Waals surface area contributed by atoms with Crippen LogP contribution in [-0.2, 0) is 0 Å². The Hall–Kier alpha value is -2.76. The number of nitrogens with zero attached hydrogens (tertiary/aromatic N) is 1. The Kier molecular flexibility index (Phi) is 4.50. The smallest absolute Gasteiger partial charge is 0.291 e. The molecule has 0 saturated carbocycles. The summed E-state index contributed by atoms with van der Waals surface area (Å²) in [5.41, 5.74) is 1.61. The number of hydrogen-bond acceptors (Lipinski definition) is 4. The molecule has 0 spiro atoms. The second kappa shape index (κ2) is 6.34. The maximum Gasteiger partial charge on any atom is 0.291 e. The van der Waals surface area contributed by atoms with Crippen molar-refractivity contribution >= 4 is 17.5 Å². The van der Waals surface area contributed by atoms with Gasteiger partial charge in [0.25, 0.3) is 11.8 Å². The largest absolute Gasteiger partial charge is 0.496 e. The number of carbonyl (C=O) groups is 2. The van der Waals surface area contributed by atoms with E-state index in [-0.39, 0.29) is 17.6 Å². The number of anilines is 1. The van der Waals surface area contributed by atoms with Crippen molar-refractivity contribution in [2.45, 2.75) is 6.92 Å². The molecule has 0 fully saturated rings. The summed E-state index contributed by atoms with van der Waals surface area (Å²) in [4.78, 5) is 25.7. The van der Waals surface area contributed by atoms with Crippen LogP contribution in [0.3, 0.4) is 0 Å². The Bertz CT molecular complexity index is 704. The van der Waals surface area contributed by atoms with E-state index in [4.69, 9.17) is 9.15 Å². The van der Waals surface area contributed by atoms with E-state index in [1.165, 1.54) is 18.3 Å². The van der Waals surface area contributed by atoms with Crippen molar-refractivity contribution < 1.29 is 18.7 Å². The van der Waals surface area contributed by atoms with Gasteiger partial charge in [0.2, 0.25) is 0 Å². The quantitative estimate of drug-likeness (QED) is 0.942. The molecule has 0 aliphatic heterocycles. The number of aryl methyl sites for hydroxylation is 1. The SMILES string of the molecule is COc1ccc(NC(=O)c2occc2C)cc1C(=O)N(C)C. The minimum Gasteiger partial charge on any atom is -0.496 e. The lowest BCUT2D eigenvalue weighted by molar-refractivity contribution is 0.0824. The summed E-state index contributed by atoms with van der Waals surface area (Å²) >= 11 is 0. The Balaban J connectivity index is 2.29. The molecule has 6 nitrogen and oxygen atoms in total. The second-order valence-corrected chi connectivity index (χ2v) is 5.00. The van der Waals surface area contributed by atoms with E-state index in [1.54, 1.807) is 45.3 Å². The molecule has 2 aromatic rings. The van der Waals surface area contributed by atoms with Gasteiger partial charge in [-0.3, -0.25) is 9.59 Å². The molecular formula is C16H18N2O4. The van der Waals surface area contributed by atoms with Crippen LogP contribution in [0.1, 0.15) is 26.5 Å². The van der Waals surface area contributed by atoms with Crippen LogP contribution in [0.4, 0.5) is 5.69 Å². The number of amides is 2. The predicted octanol–water partition coefficient (Wildman–Crippen LogP) is 2.55. The monoisotopic (exact) mass is 302 g/mol. The first-order valence-electron chi connectivity index (χ1n) is 6.69. The summed E-state index contributed by atoms with van der Waals surface area (Å²) in [6, 6.07) is 6.60.